The quantitative estimate of drug-likeness (QED) is 0.296. The summed E-state index contributed by atoms with van der Waals surface area (Å²) in [5.74, 6) is 0.618. The molecular formula is C31H42N2O2. The number of hydrogen-bond acceptors (Lipinski definition) is 4. The van der Waals surface area contributed by atoms with E-state index in [1.54, 1.807) is 6.92 Å². The van der Waals surface area contributed by atoms with Gasteiger partial charge in [0, 0.05) is 31.9 Å². The van der Waals surface area contributed by atoms with E-state index in [2.05, 4.69) is 65.3 Å². The highest BCUT2D eigenvalue weighted by Crippen LogP contribution is 2.39. The number of likely N-dealkylation sites (tertiary alicyclic amines) is 1. The molecule has 2 aliphatic heterocycles. The van der Waals surface area contributed by atoms with Gasteiger partial charge in [0.05, 0.1) is 5.76 Å². The molecule has 2 aliphatic rings. The monoisotopic (exact) mass is 474 g/mol. The molecule has 2 aromatic rings. The van der Waals surface area contributed by atoms with Crippen molar-refractivity contribution in [1.82, 2.24) is 4.90 Å². The zero-order valence-corrected chi connectivity index (χ0v) is 21.5. The van der Waals surface area contributed by atoms with Crippen LogP contribution in [0, 0.1) is 5.92 Å². The highest BCUT2D eigenvalue weighted by atomic mass is 16.3. The predicted molar refractivity (Wildman–Crippen MR) is 148 cm³/mol. The van der Waals surface area contributed by atoms with Gasteiger partial charge in [0.2, 0.25) is 0 Å². The Kier molecular flexibility index (Phi) is 9.06. The number of allylic oxidation sites excluding steroid dienone is 4. The summed E-state index contributed by atoms with van der Waals surface area (Å²) in [4.78, 5) is 5.16. The molecule has 35 heavy (non-hydrogen) atoms. The number of fused-ring (bicyclic) bond motifs is 1. The summed E-state index contributed by atoms with van der Waals surface area (Å²) in [6.07, 6.45) is 8.07. The molecule has 0 spiro atoms. The first kappa shape index (κ1) is 25.5. The summed E-state index contributed by atoms with van der Waals surface area (Å²) in [7, 11) is 0. The van der Waals surface area contributed by atoms with Crippen LogP contribution in [0.3, 0.4) is 0 Å². The number of anilines is 1. The van der Waals surface area contributed by atoms with Crippen LogP contribution in [0.15, 0.2) is 60.4 Å². The number of rotatable bonds is 11. The van der Waals surface area contributed by atoms with Crippen LogP contribution in [-0.4, -0.2) is 54.4 Å². The van der Waals surface area contributed by atoms with Crippen molar-refractivity contribution in [3.8, 4) is 0 Å². The third kappa shape index (κ3) is 6.56. The van der Waals surface area contributed by atoms with Crippen molar-refractivity contribution < 1.29 is 10.2 Å². The Morgan fingerprint density at radius 1 is 1.00 bits per heavy atom. The molecule has 2 N–H and O–H groups in total. The topological polar surface area (TPSA) is 46.9 Å². The Morgan fingerprint density at radius 3 is 2.49 bits per heavy atom. The van der Waals surface area contributed by atoms with Crippen LogP contribution in [0.5, 0.6) is 0 Å². The standard InChI is InChI=1S/C31H42N2O2/c1-24(12-13-25(2)35)31(29(11-8-22-34)26-9-4-3-5-10-26)28-14-15-30-27(23-28)16-19-33(30)21-20-32-17-6-7-18-32/h3-5,9-10,13-15,23-24,34-35H,6-8,11-12,16-22H2,1-2H3/b25-13+,31-29-. The Morgan fingerprint density at radius 2 is 1.77 bits per heavy atom. The number of aliphatic hydroxyl groups is 2. The van der Waals surface area contributed by atoms with E-state index >= 15 is 0 Å². The second-order valence-electron chi connectivity index (χ2n) is 10.2. The fourth-order valence-corrected chi connectivity index (χ4v) is 5.69. The molecule has 1 atom stereocenters. The molecule has 1 unspecified atom stereocenters. The Hall–Kier alpha value is -2.56. The molecular weight excluding hydrogens is 432 g/mol. The number of nitrogens with zero attached hydrogens (tertiary/aromatic N) is 2. The van der Waals surface area contributed by atoms with Gasteiger partial charge in [0.25, 0.3) is 0 Å². The molecule has 188 valence electrons. The average molecular weight is 475 g/mol. The van der Waals surface area contributed by atoms with Gasteiger partial charge in [-0.2, -0.15) is 0 Å². The summed E-state index contributed by atoms with van der Waals surface area (Å²) in [6, 6.07) is 17.6. The minimum Gasteiger partial charge on any atom is -0.513 e. The molecule has 4 rings (SSSR count). The van der Waals surface area contributed by atoms with Gasteiger partial charge in [-0.1, -0.05) is 43.3 Å². The van der Waals surface area contributed by atoms with E-state index in [1.165, 1.54) is 59.5 Å². The van der Waals surface area contributed by atoms with Gasteiger partial charge in [-0.25, -0.2) is 0 Å². The molecule has 0 bridgehead atoms. The van der Waals surface area contributed by atoms with Crippen molar-refractivity contribution in [2.45, 2.75) is 52.4 Å². The normalized spacial score (nSPS) is 18.0. The number of benzene rings is 2. The largest absolute Gasteiger partial charge is 0.513 e. The Bertz CT molecular complexity index is 1020. The molecule has 0 aliphatic carbocycles. The Balaban J connectivity index is 1.68. The molecule has 0 amide bonds. The highest BCUT2D eigenvalue weighted by molar-refractivity contribution is 5.92. The first-order valence-electron chi connectivity index (χ1n) is 13.4. The van der Waals surface area contributed by atoms with E-state index in [4.69, 9.17) is 0 Å². The first-order chi connectivity index (χ1) is 17.1. The van der Waals surface area contributed by atoms with Crippen LogP contribution < -0.4 is 4.90 Å². The van der Waals surface area contributed by atoms with E-state index in [0.717, 1.165) is 45.3 Å². The van der Waals surface area contributed by atoms with Crippen LogP contribution in [0.4, 0.5) is 5.69 Å². The minimum atomic E-state index is 0.184. The molecule has 2 aromatic carbocycles. The molecule has 0 saturated carbocycles. The van der Waals surface area contributed by atoms with Gasteiger partial charge in [0.15, 0.2) is 0 Å². The minimum absolute atomic E-state index is 0.184. The van der Waals surface area contributed by atoms with Crippen molar-refractivity contribution >= 4 is 16.8 Å². The number of hydrogen-bond donors (Lipinski definition) is 2. The van der Waals surface area contributed by atoms with Gasteiger partial charge in [-0.05, 0) is 111 Å². The summed E-state index contributed by atoms with van der Waals surface area (Å²) in [5, 5.41) is 19.5. The highest BCUT2D eigenvalue weighted by Gasteiger charge is 2.23. The number of aliphatic hydroxyl groups excluding tert-OH is 2. The van der Waals surface area contributed by atoms with Crippen LogP contribution >= 0.6 is 0 Å². The predicted octanol–water partition coefficient (Wildman–Crippen LogP) is 6.32. The van der Waals surface area contributed by atoms with Crippen LogP contribution in [-0.2, 0) is 6.42 Å². The summed E-state index contributed by atoms with van der Waals surface area (Å²) in [6.45, 7) is 10.1. The van der Waals surface area contributed by atoms with Gasteiger partial charge in [-0.15, -0.1) is 0 Å². The lowest BCUT2D eigenvalue weighted by molar-refractivity contribution is 0.290. The second-order valence-corrected chi connectivity index (χ2v) is 10.2. The zero-order valence-electron chi connectivity index (χ0n) is 21.5. The molecule has 1 saturated heterocycles. The maximum absolute atomic E-state index is 9.84. The summed E-state index contributed by atoms with van der Waals surface area (Å²) in [5.41, 5.74) is 7.97. The molecule has 0 radical (unpaired) electrons. The van der Waals surface area contributed by atoms with E-state index in [1.807, 2.05) is 6.08 Å². The van der Waals surface area contributed by atoms with Gasteiger partial charge in [-0.3, -0.25) is 0 Å². The molecule has 4 nitrogen and oxygen atoms in total. The SMILES string of the molecule is C/C(O)=C\CC(C)/C(=C(\CCCO)c1ccccc1)c1ccc2c(c1)CCN2CCN1CCCC1. The lowest BCUT2D eigenvalue weighted by Gasteiger charge is -2.25. The average Bonchev–Trinajstić information content (AvgIpc) is 3.54. The molecule has 4 heteroatoms. The van der Waals surface area contributed by atoms with Crippen molar-refractivity contribution in [2.75, 3.05) is 44.2 Å². The van der Waals surface area contributed by atoms with Crippen molar-refractivity contribution in [3.63, 3.8) is 0 Å². The lowest BCUT2D eigenvalue weighted by Crippen LogP contribution is -2.32. The zero-order chi connectivity index (χ0) is 24.6. The third-order valence-corrected chi connectivity index (χ3v) is 7.56. The smallest absolute Gasteiger partial charge is 0.0852 e. The fourth-order valence-electron chi connectivity index (χ4n) is 5.69. The lowest BCUT2D eigenvalue weighted by atomic mass is 9.82. The van der Waals surface area contributed by atoms with Gasteiger partial charge < -0.3 is 20.0 Å². The third-order valence-electron chi connectivity index (χ3n) is 7.56. The van der Waals surface area contributed by atoms with E-state index in [9.17, 15) is 10.2 Å². The van der Waals surface area contributed by atoms with Crippen LogP contribution in [0.2, 0.25) is 0 Å². The maximum atomic E-state index is 9.84. The van der Waals surface area contributed by atoms with Gasteiger partial charge >= 0.3 is 0 Å². The van der Waals surface area contributed by atoms with Crippen LogP contribution in [0.1, 0.15) is 62.6 Å². The van der Waals surface area contributed by atoms with E-state index in [0.29, 0.717) is 5.76 Å². The molecule has 2 heterocycles. The van der Waals surface area contributed by atoms with Crippen molar-refractivity contribution in [3.05, 3.63) is 77.1 Å². The summed E-state index contributed by atoms with van der Waals surface area (Å²) >= 11 is 0. The molecule has 1 fully saturated rings. The first-order valence-corrected chi connectivity index (χ1v) is 13.4. The van der Waals surface area contributed by atoms with E-state index < -0.39 is 0 Å². The molecule has 0 aromatic heterocycles. The maximum Gasteiger partial charge on any atom is 0.0852 e. The fraction of sp³-hybridized carbons (Fsp3) is 0.484. The van der Waals surface area contributed by atoms with Crippen molar-refractivity contribution in [1.29, 1.82) is 0 Å². The van der Waals surface area contributed by atoms with Crippen molar-refractivity contribution in [2.24, 2.45) is 5.92 Å². The second kappa shape index (κ2) is 12.4. The van der Waals surface area contributed by atoms with Gasteiger partial charge in [0.1, 0.15) is 0 Å². The van der Waals surface area contributed by atoms with Crippen LogP contribution in [0.25, 0.3) is 11.1 Å². The van der Waals surface area contributed by atoms with E-state index in [-0.39, 0.29) is 12.5 Å². The Labute approximate surface area is 211 Å². The summed E-state index contributed by atoms with van der Waals surface area (Å²) < 4.78 is 0.